The molecule has 0 aliphatic heterocycles. The van der Waals surface area contributed by atoms with Crippen molar-refractivity contribution in [3.63, 3.8) is 0 Å². The molecule has 0 spiro atoms. The maximum Gasteiger partial charge on any atom is 0.346 e. The van der Waals surface area contributed by atoms with Gasteiger partial charge in [0.2, 0.25) is 5.91 Å². The Morgan fingerprint density at radius 1 is 1.17 bits per heavy atom. The number of para-hydroxylation sites is 1. The van der Waals surface area contributed by atoms with Crippen LogP contribution in [0, 0.1) is 0 Å². The van der Waals surface area contributed by atoms with Gasteiger partial charge in [0.15, 0.2) is 5.82 Å². The fourth-order valence-corrected chi connectivity index (χ4v) is 4.30. The Hall–Kier alpha value is -3.13. The monoisotopic (exact) mass is 407 g/mol. The van der Waals surface area contributed by atoms with Crippen molar-refractivity contribution in [2.75, 3.05) is 6.54 Å². The van der Waals surface area contributed by atoms with E-state index in [1.165, 1.54) is 4.68 Å². The van der Waals surface area contributed by atoms with E-state index in [9.17, 15) is 9.59 Å². The molecule has 1 fully saturated rings. The van der Waals surface area contributed by atoms with Gasteiger partial charge in [-0.3, -0.25) is 9.36 Å². The third-order valence-corrected chi connectivity index (χ3v) is 6.03. The zero-order valence-corrected chi connectivity index (χ0v) is 16.6. The van der Waals surface area contributed by atoms with E-state index < -0.39 is 0 Å². The largest absolute Gasteiger partial charge is 0.353 e. The van der Waals surface area contributed by atoms with E-state index in [-0.39, 0.29) is 24.2 Å². The molecule has 0 bridgehead atoms. The Morgan fingerprint density at radius 2 is 2.03 bits per heavy atom. The molecule has 8 heteroatoms. The van der Waals surface area contributed by atoms with E-state index in [0.29, 0.717) is 13.1 Å². The van der Waals surface area contributed by atoms with Gasteiger partial charge >= 0.3 is 5.69 Å². The van der Waals surface area contributed by atoms with Gasteiger partial charge in [-0.15, -0.1) is 16.4 Å². The average molecular weight is 407 g/mol. The van der Waals surface area contributed by atoms with E-state index >= 15 is 0 Å². The number of carbonyl (C=O) groups is 1. The van der Waals surface area contributed by atoms with Crippen LogP contribution in [0.4, 0.5) is 0 Å². The van der Waals surface area contributed by atoms with Crippen LogP contribution in [0.2, 0.25) is 0 Å². The predicted molar refractivity (Wildman–Crippen MR) is 113 cm³/mol. The molecule has 1 saturated carbocycles. The maximum atomic E-state index is 12.8. The second kappa shape index (κ2) is 7.36. The van der Waals surface area contributed by atoms with E-state index in [2.05, 4.69) is 10.4 Å². The maximum absolute atomic E-state index is 12.8. The molecule has 5 rings (SSSR count). The average Bonchev–Trinajstić information content (AvgIpc) is 3.13. The van der Waals surface area contributed by atoms with E-state index in [1.807, 2.05) is 58.6 Å². The standard InChI is InChI=1S/C21H21N5O2S/c27-19(14-24-11-9-15-4-1-2-5-17(15)24)22-10-12-25-21(28)26(16-7-8-16)20(23-25)18-6-3-13-29-18/h1-6,9,11,13,16H,7-8,10,12,14H2,(H,22,27). The summed E-state index contributed by atoms with van der Waals surface area (Å²) in [6, 6.07) is 14.2. The summed E-state index contributed by atoms with van der Waals surface area (Å²) >= 11 is 1.58. The van der Waals surface area contributed by atoms with Gasteiger partial charge in [-0.05, 0) is 41.8 Å². The fraction of sp³-hybridized carbons (Fsp3) is 0.286. The van der Waals surface area contributed by atoms with Gasteiger partial charge in [0.25, 0.3) is 0 Å². The number of hydrogen-bond donors (Lipinski definition) is 1. The lowest BCUT2D eigenvalue weighted by atomic mass is 10.2. The lowest BCUT2D eigenvalue weighted by Crippen LogP contribution is -2.33. The van der Waals surface area contributed by atoms with Gasteiger partial charge in [0.05, 0.1) is 11.4 Å². The van der Waals surface area contributed by atoms with Crippen LogP contribution >= 0.6 is 11.3 Å². The number of rotatable bonds is 7. The Morgan fingerprint density at radius 3 is 2.83 bits per heavy atom. The molecule has 3 heterocycles. The summed E-state index contributed by atoms with van der Waals surface area (Å²) in [5.74, 6) is 0.650. The van der Waals surface area contributed by atoms with E-state index in [4.69, 9.17) is 0 Å². The number of aromatic nitrogens is 4. The zero-order chi connectivity index (χ0) is 19.8. The van der Waals surface area contributed by atoms with Crippen LogP contribution in [0.5, 0.6) is 0 Å². The first-order valence-electron chi connectivity index (χ1n) is 9.74. The summed E-state index contributed by atoms with van der Waals surface area (Å²) in [6.07, 6.45) is 3.95. The molecular weight excluding hydrogens is 386 g/mol. The van der Waals surface area contributed by atoms with Crippen LogP contribution in [-0.4, -0.2) is 31.4 Å². The molecule has 0 radical (unpaired) electrons. The van der Waals surface area contributed by atoms with E-state index in [0.717, 1.165) is 34.4 Å². The lowest BCUT2D eigenvalue weighted by Gasteiger charge is -2.07. The first-order chi connectivity index (χ1) is 14.2. The Balaban J connectivity index is 1.25. The topological polar surface area (TPSA) is 73.8 Å². The molecule has 1 amide bonds. The molecule has 3 aromatic heterocycles. The van der Waals surface area contributed by atoms with Crippen molar-refractivity contribution in [2.45, 2.75) is 32.0 Å². The minimum absolute atomic E-state index is 0.0838. The van der Waals surface area contributed by atoms with Crippen molar-refractivity contribution < 1.29 is 4.79 Å². The van der Waals surface area contributed by atoms with Crippen LogP contribution in [0.15, 0.2) is 58.8 Å². The number of benzene rings is 1. The number of thiophene rings is 1. The highest BCUT2D eigenvalue weighted by atomic mass is 32.1. The minimum atomic E-state index is -0.0958. The Kier molecular flexibility index (Phi) is 4.55. The molecule has 1 aromatic carbocycles. The van der Waals surface area contributed by atoms with E-state index in [1.54, 1.807) is 15.9 Å². The van der Waals surface area contributed by atoms with Gasteiger partial charge in [-0.2, -0.15) is 0 Å². The second-order valence-electron chi connectivity index (χ2n) is 7.26. The molecule has 4 aromatic rings. The highest BCUT2D eigenvalue weighted by molar-refractivity contribution is 7.13. The summed E-state index contributed by atoms with van der Waals surface area (Å²) < 4.78 is 5.20. The first kappa shape index (κ1) is 17.9. The van der Waals surface area contributed by atoms with Gasteiger partial charge in [0.1, 0.15) is 6.54 Å². The van der Waals surface area contributed by atoms with Crippen molar-refractivity contribution in [3.8, 4) is 10.7 Å². The summed E-state index contributed by atoms with van der Waals surface area (Å²) in [7, 11) is 0. The number of hydrogen-bond acceptors (Lipinski definition) is 4. The third-order valence-electron chi connectivity index (χ3n) is 5.16. The van der Waals surface area contributed by atoms with Gasteiger partial charge < -0.3 is 9.88 Å². The highest BCUT2D eigenvalue weighted by Gasteiger charge is 2.30. The highest BCUT2D eigenvalue weighted by Crippen LogP contribution is 2.37. The number of nitrogens with zero attached hydrogens (tertiary/aromatic N) is 4. The third kappa shape index (κ3) is 3.51. The number of fused-ring (bicyclic) bond motifs is 1. The molecule has 1 N–H and O–H groups in total. The summed E-state index contributed by atoms with van der Waals surface area (Å²) in [6.45, 7) is 0.970. The summed E-state index contributed by atoms with van der Waals surface area (Å²) in [4.78, 5) is 26.2. The number of nitrogens with one attached hydrogen (secondary N) is 1. The van der Waals surface area contributed by atoms with Crippen LogP contribution in [0.3, 0.4) is 0 Å². The van der Waals surface area contributed by atoms with Gasteiger partial charge in [-0.1, -0.05) is 24.3 Å². The van der Waals surface area contributed by atoms with Crippen molar-refractivity contribution in [3.05, 3.63) is 64.5 Å². The fourth-order valence-electron chi connectivity index (χ4n) is 3.59. The van der Waals surface area contributed by atoms with Crippen LogP contribution in [-0.2, 0) is 17.9 Å². The summed E-state index contributed by atoms with van der Waals surface area (Å²) in [5.41, 5.74) is 0.934. The Bertz CT molecular complexity index is 1210. The molecule has 1 aliphatic carbocycles. The predicted octanol–water partition coefficient (Wildman–Crippen LogP) is 2.88. The SMILES string of the molecule is O=C(Cn1ccc2ccccc21)NCCn1nc(-c2cccs2)n(C2CC2)c1=O. The second-order valence-corrected chi connectivity index (χ2v) is 8.21. The van der Waals surface area contributed by atoms with Crippen molar-refractivity contribution >= 4 is 28.1 Å². The van der Waals surface area contributed by atoms with Crippen molar-refractivity contribution in [2.24, 2.45) is 0 Å². The molecule has 29 heavy (non-hydrogen) atoms. The van der Waals surface area contributed by atoms with Crippen LogP contribution in [0.1, 0.15) is 18.9 Å². The minimum Gasteiger partial charge on any atom is -0.353 e. The lowest BCUT2D eigenvalue weighted by molar-refractivity contribution is -0.121. The van der Waals surface area contributed by atoms with Gasteiger partial charge in [-0.25, -0.2) is 9.48 Å². The van der Waals surface area contributed by atoms with Crippen LogP contribution < -0.4 is 11.0 Å². The quantitative estimate of drug-likeness (QED) is 0.512. The van der Waals surface area contributed by atoms with Crippen LogP contribution in [0.25, 0.3) is 21.6 Å². The number of amides is 1. The first-order valence-corrected chi connectivity index (χ1v) is 10.6. The number of carbonyl (C=O) groups excluding carboxylic acids is 1. The molecule has 1 aliphatic rings. The Labute approximate surface area is 171 Å². The molecule has 0 atom stereocenters. The molecule has 148 valence electrons. The zero-order valence-electron chi connectivity index (χ0n) is 15.8. The molecule has 7 nitrogen and oxygen atoms in total. The van der Waals surface area contributed by atoms with Crippen molar-refractivity contribution in [1.29, 1.82) is 0 Å². The van der Waals surface area contributed by atoms with Gasteiger partial charge in [0, 0.05) is 24.3 Å². The normalized spacial score (nSPS) is 13.8. The van der Waals surface area contributed by atoms with Crippen molar-refractivity contribution in [1.82, 2.24) is 24.2 Å². The summed E-state index contributed by atoms with van der Waals surface area (Å²) in [5, 5.41) is 10.5. The molecule has 0 saturated heterocycles. The molecule has 0 unspecified atom stereocenters. The molecular formula is C21H21N5O2S. The smallest absolute Gasteiger partial charge is 0.346 e.